The number of Topliss-reactive ketones (excluding diaryl/α,β-unsaturated/α-hetero) is 1. The van der Waals surface area contributed by atoms with Crippen LogP contribution < -0.4 is 10.2 Å². The molecule has 1 atom stereocenters. The molecule has 0 spiro atoms. The maximum absolute atomic E-state index is 13.2. The van der Waals surface area contributed by atoms with Gasteiger partial charge in [-0.3, -0.25) is 24.3 Å². The summed E-state index contributed by atoms with van der Waals surface area (Å²) in [6.07, 6.45) is 3.98. The Morgan fingerprint density at radius 1 is 1.06 bits per heavy atom. The molecule has 3 aromatic rings. The van der Waals surface area contributed by atoms with Crippen LogP contribution in [0.5, 0.6) is 0 Å². The van der Waals surface area contributed by atoms with E-state index in [1.165, 1.54) is 11.8 Å². The van der Waals surface area contributed by atoms with Gasteiger partial charge in [0.05, 0.1) is 11.6 Å². The predicted molar refractivity (Wildman–Crippen MR) is 126 cm³/mol. The lowest BCUT2D eigenvalue weighted by atomic mass is 9.95. The minimum atomic E-state index is -0.855. The molecule has 1 saturated heterocycles. The quantitative estimate of drug-likeness (QED) is 0.351. The van der Waals surface area contributed by atoms with Crippen LogP contribution >= 0.6 is 0 Å². The molecule has 4 rings (SSSR count). The molecule has 0 bridgehead atoms. The monoisotopic (exact) mass is 441 g/mol. The first-order valence-corrected chi connectivity index (χ1v) is 10.6. The Morgan fingerprint density at radius 2 is 1.76 bits per heavy atom. The molecule has 2 N–H and O–H groups in total. The Balaban J connectivity index is 1.88. The number of aromatic nitrogens is 1. The third-order valence-electron chi connectivity index (χ3n) is 5.55. The third-order valence-corrected chi connectivity index (χ3v) is 5.55. The number of carbonyl (C=O) groups is 3. The lowest BCUT2D eigenvalue weighted by molar-refractivity contribution is -0.132. The number of pyridine rings is 1. The van der Waals surface area contributed by atoms with Crippen LogP contribution in [0.2, 0.25) is 0 Å². The topological polar surface area (TPSA) is 99.6 Å². The first kappa shape index (κ1) is 22.0. The maximum atomic E-state index is 13.2. The summed E-state index contributed by atoms with van der Waals surface area (Å²) in [6.45, 7) is 3.42. The second-order valence-electron chi connectivity index (χ2n) is 7.73. The highest BCUT2D eigenvalue weighted by atomic mass is 16.3. The van der Waals surface area contributed by atoms with Crippen molar-refractivity contribution in [3.63, 3.8) is 0 Å². The number of hydrogen-bond donors (Lipinski definition) is 2. The van der Waals surface area contributed by atoms with Gasteiger partial charge in [-0.2, -0.15) is 0 Å². The van der Waals surface area contributed by atoms with Gasteiger partial charge in [0.25, 0.3) is 11.7 Å². The minimum Gasteiger partial charge on any atom is -0.507 e. The first-order valence-electron chi connectivity index (χ1n) is 10.6. The Morgan fingerprint density at radius 3 is 2.39 bits per heavy atom. The van der Waals surface area contributed by atoms with Gasteiger partial charge in [-0.1, -0.05) is 37.3 Å². The van der Waals surface area contributed by atoms with E-state index in [1.54, 1.807) is 60.9 Å². The van der Waals surface area contributed by atoms with Crippen LogP contribution in [0.25, 0.3) is 5.76 Å². The number of carbonyl (C=O) groups excluding carboxylic acids is 3. The molecule has 7 nitrogen and oxygen atoms in total. The van der Waals surface area contributed by atoms with E-state index in [0.717, 1.165) is 12.0 Å². The number of aryl methyl sites for hydroxylation is 1. The molecular weight excluding hydrogens is 418 g/mol. The number of benzene rings is 2. The molecule has 0 saturated carbocycles. The van der Waals surface area contributed by atoms with Crippen LogP contribution in [-0.2, 0) is 20.8 Å². The molecule has 2 amide bonds. The summed E-state index contributed by atoms with van der Waals surface area (Å²) in [4.78, 5) is 43.2. The molecule has 1 aromatic heterocycles. The zero-order valence-electron chi connectivity index (χ0n) is 18.3. The highest BCUT2D eigenvalue weighted by Crippen LogP contribution is 2.42. The number of anilines is 2. The predicted octanol–water partition coefficient (Wildman–Crippen LogP) is 4.23. The summed E-state index contributed by atoms with van der Waals surface area (Å²) in [5, 5.41) is 13.8. The van der Waals surface area contributed by atoms with Crippen molar-refractivity contribution in [1.82, 2.24) is 4.98 Å². The Kier molecular flexibility index (Phi) is 6.04. The van der Waals surface area contributed by atoms with Crippen molar-refractivity contribution in [2.45, 2.75) is 26.3 Å². The van der Waals surface area contributed by atoms with E-state index in [0.29, 0.717) is 22.5 Å². The van der Waals surface area contributed by atoms with Crippen LogP contribution in [0, 0.1) is 0 Å². The number of hydrogen-bond acceptors (Lipinski definition) is 5. The number of ketones is 1. The van der Waals surface area contributed by atoms with Gasteiger partial charge in [-0.15, -0.1) is 0 Å². The molecule has 33 heavy (non-hydrogen) atoms. The van der Waals surface area contributed by atoms with Gasteiger partial charge >= 0.3 is 0 Å². The van der Waals surface area contributed by atoms with E-state index in [2.05, 4.69) is 10.3 Å². The van der Waals surface area contributed by atoms with E-state index in [1.807, 2.05) is 19.1 Å². The van der Waals surface area contributed by atoms with Crippen molar-refractivity contribution < 1.29 is 19.5 Å². The van der Waals surface area contributed by atoms with Gasteiger partial charge in [-0.25, -0.2) is 0 Å². The smallest absolute Gasteiger partial charge is 0.300 e. The lowest BCUT2D eigenvalue weighted by Gasteiger charge is -2.25. The molecule has 1 fully saturated rings. The second kappa shape index (κ2) is 9.08. The Bertz CT molecular complexity index is 1250. The van der Waals surface area contributed by atoms with Gasteiger partial charge < -0.3 is 10.4 Å². The van der Waals surface area contributed by atoms with Gasteiger partial charge in [0.2, 0.25) is 5.91 Å². The summed E-state index contributed by atoms with van der Waals surface area (Å²) >= 11 is 0. The van der Waals surface area contributed by atoms with Gasteiger partial charge in [0.1, 0.15) is 5.76 Å². The normalized spacial score (nSPS) is 17.3. The fourth-order valence-corrected chi connectivity index (χ4v) is 3.95. The van der Waals surface area contributed by atoms with E-state index in [-0.39, 0.29) is 17.2 Å². The maximum Gasteiger partial charge on any atom is 0.300 e. The molecule has 0 aliphatic carbocycles. The highest BCUT2D eigenvalue weighted by molar-refractivity contribution is 6.51. The molecule has 1 aliphatic rings. The third kappa shape index (κ3) is 4.25. The standard InChI is InChI=1S/C26H23N3O4/c1-3-17-7-9-19(10-8-17)24(31)22-23(18-11-13-27-14-12-18)29(26(33)25(22)32)21-6-4-5-20(15-21)28-16(2)30/h4-15,23,31H,3H2,1-2H3,(H,28,30)/b24-22+. The van der Waals surface area contributed by atoms with Gasteiger partial charge in [0.15, 0.2) is 0 Å². The summed E-state index contributed by atoms with van der Waals surface area (Å²) < 4.78 is 0. The summed E-state index contributed by atoms with van der Waals surface area (Å²) in [7, 11) is 0. The van der Waals surface area contributed by atoms with E-state index < -0.39 is 17.7 Å². The Hall–Kier alpha value is -4.26. The van der Waals surface area contributed by atoms with Gasteiger partial charge in [0, 0.05) is 36.3 Å². The fraction of sp³-hybridized carbons (Fsp3) is 0.154. The number of amides is 2. The summed E-state index contributed by atoms with van der Waals surface area (Å²) in [6, 6.07) is 16.5. The average Bonchev–Trinajstić information content (AvgIpc) is 3.09. The number of aliphatic hydroxyl groups excluding tert-OH is 1. The molecule has 1 unspecified atom stereocenters. The lowest BCUT2D eigenvalue weighted by Crippen LogP contribution is -2.29. The van der Waals surface area contributed by atoms with Crippen molar-refractivity contribution in [1.29, 1.82) is 0 Å². The second-order valence-corrected chi connectivity index (χ2v) is 7.73. The minimum absolute atomic E-state index is 0.000351. The Labute approximate surface area is 191 Å². The molecular formula is C26H23N3O4. The molecule has 1 aliphatic heterocycles. The van der Waals surface area contributed by atoms with E-state index >= 15 is 0 Å². The van der Waals surface area contributed by atoms with Crippen molar-refractivity contribution in [2.75, 3.05) is 10.2 Å². The number of nitrogens with one attached hydrogen (secondary N) is 1. The number of rotatable bonds is 5. The molecule has 2 aromatic carbocycles. The SMILES string of the molecule is CCc1ccc(/C(O)=C2\C(=O)C(=O)N(c3cccc(NC(C)=O)c3)C2c2ccncc2)cc1. The van der Waals surface area contributed by atoms with Crippen LogP contribution in [0.15, 0.2) is 78.6 Å². The first-order chi connectivity index (χ1) is 15.9. The van der Waals surface area contributed by atoms with Crippen molar-refractivity contribution in [3.8, 4) is 0 Å². The molecule has 0 radical (unpaired) electrons. The average molecular weight is 441 g/mol. The van der Waals surface area contributed by atoms with Crippen molar-refractivity contribution in [3.05, 3.63) is 95.3 Å². The van der Waals surface area contributed by atoms with Gasteiger partial charge in [-0.05, 0) is 47.9 Å². The van der Waals surface area contributed by atoms with E-state index in [4.69, 9.17) is 0 Å². The van der Waals surface area contributed by atoms with Crippen molar-refractivity contribution in [2.24, 2.45) is 0 Å². The summed E-state index contributed by atoms with van der Waals surface area (Å²) in [5.74, 6) is -2.03. The molecule has 2 heterocycles. The number of nitrogens with zero attached hydrogens (tertiary/aromatic N) is 2. The van der Waals surface area contributed by atoms with Crippen LogP contribution in [-0.4, -0.2) is 27.7 Å². The summed E-state index contributed by atoms with van der Waals surface area (Å²) in [5.41, 5.74) is 3.08. The van der Waals surface area contributed by atoms with Crippen molar-refractivity contribution >= 4 is 34.7 Å². The van der Waals surface area contributed by atoms with Crippen LogP contribution in [0.1, 0.15) is 36.6 Å². The van der Waals surface area contributed by atoms with E-state index in [9.17, 15) is 19.5 Å². The molecule has 166 valence electrons. The zero-order valence-corrected chi connectivity index (χ0v) is 18.3. The van der Waals surface area contributed by atoms with Crippen LogP contribution in [0.3, 0.4) is 0 Å². The zero-order chi connectivity index (χ0) is 23.5. The largest absolute Gasteiger partial charge is 0.507 e. The van der Waals surface area contributed by atoms with Crippen LogP contribution in [0.4, 0.5) is 11.4 Å². The fourth-order valence-electron chi connectivity index (χ4n) is 3.95. The number of aliphatic hydroxyl groups is 1. The highest BCUT2D eigenvalue weighted by Gasteiger charge is 2.47. The molecule has 7 heteroatoms.